The van der Waals surface area contributed by atoms with Crippen LogP contribution in [0.2, 0.25) is 0 Å². The van der Waals surface area contributed by atoms with Crippen LogP contribution in [0.1, 0.15) is 87.9 Å². The summed E-state index contributed by atoms with van der Waals surface area (Å²) in [5.41, 5.74) is 1.99. The molecule has 0 heterocycles. The molecule has 5 atom stereocenters. The Morgan fingerprint density at radius 2 is 1.97 bits per heavy atom. The van der Waals surface area contributed by atoms with Crippen molar-refractivity contribution in [1.29, 1.82) is 0 Å². The predicted octanol–water partition coefficient (Wildman–Crippen LogP) is 5.02. The molecule has 0 radical (unpaired) electrons. The molecule has 0 aromatic heterocycles. The van der Waals surface area contributed by atoms with Crippen molar-refractivity contribution in [2.75, 3.05) is 13.2 Å². The van der Waals surface area contributed by atoms with Crippen molar-refractivity contribution < 1.29 is 24.9 Å². The van der Waals surface area contributed by atoms with Crippen LogP contribution in [0, 0.1) is 5.92 Å². The Bertz CT molecular complexity index is 690. The number of alkyl halides is 1. The number of carbonyl (C=O) groups excluding carboxylic acids is 1. The van der Waals surface area contributed by atoms with E-state index in [1.54, 1.807) is 0 Å². The molecule has 0 amide bonds. The fourth-order valence-electron chi connectivity index (χ4n) is 4.49. The SMILES string of the molecule is CCCCCC(O)c1ccc([C@H]2C(O)C[C@@H](Cl)[C@@H]2CC=CCCCC(=O)OCCO)cc1. The first-order valence-corrected chi connectivity index (χ1v) is 12.4. The minimum Gasteiger partial charge on any atom is -0.463 e. The number of aliphatic hydroxyl groups excluding tert-OH is 3. The highest BCUT2D eigenvalue weighted by atomic mass is 35.5. The summed E-state index contributed by atoms with van der Waals surface area (Å²) in [5.74, 6) is -0.175. The summed E-state index contributed by atoms with van der Waals surface area (Å²) in [4.78, 5) is 11.4. The number of carbonyl (C=O) groups is 1. The highest BCUT2D eigenvalue weighted by molar-refractivity contribution is 6.21. The van der Waals surface area contributed by atoms with Gasteiger partial charge in [-0.05, 0) is 49.1 Å². The highest BCUT2D eigenvalue weighted by Gasteiger charge is 2.41. The zero-order valence-corrected chi connectivity index (χ0v) is 19.9. The number of rotatable bonds is 14. The molecule has 1 aliphatic rings. The van der Waals surface area contributed by atoms with Crippen molar-refractivity contribution >= 4 is 17.6 Å². The second-order valence-electron chi connectivity index (χ2n) is 8.73. The Hall–Kier alpha value is -1.40. The zero-order chi connectivity index (χ0) is 23.3. The van der Waals surface area contributed by atoms with E-state index < -0.39 is 12.2 Å². The molecule has 1 aromatic rings. The number of allylic oxidation sites excluding steroid dienone is 2. The van der Waals surface area contributed by atoms with Gasteiger partial charge in [0.25, 0.3) is 0 Å². The van der Waals surface area contributed by atoms with Gasteiger partial charge < -0.3 is 20.1 Å². The average Bonchev–Trinajstić information content (AvgIpc) is 3.07. The van der Waals surface area contributed by atoms with Gasteiger partial charge in [-0.15, -0.1) is 11.6 Å². The summed E-state index contributed by atoms with van der Waals surface area (Å²) in [5, 5.41) is 29.6. The largest absolute Gasteiger partial charge is 0.463 e. The lowest BCUT2D eigenvalue weighted by atomic mass is 9.84. The van der Waals surface area contributed by atoms with Gasteiger partial charge in [0.05, 0.1) is 18.8 Å². The predicted molar refractivity (Wildman–Crippen MR) is 128 cm³/mol. The number of aliphatic hydroxyl groups is 3. The standard InChI is InChI=1S/C26H39ClO5/c1-2-3-6-10-23(29)19-12-14-20(15-13-19)26-21(22(27)18-24(26)30)9-7-4-5-8-11-25(31)32-17-16-28/h4,7,12-15,21-24,26,28-30H,2-3,5-6,8-11,16-18H2,1H3/t21-,22+,23?,24?,26+/m0/s1. The van der Waals surface area contributed by atoms with Crippen LogP contribution < -0.4 is 0 Å². The third kappa shape index (κ3) is 8.51. The summed E-state index contributed by atoms with van der Waals surface area (Å²) < 4.78 is 4.84. The van der Waals surface area contributed by atoms with Crippen LogP contribution in [0.3, 0.4) is 0 Å². The number of hydrogen-bond donors (Lipinski definition) is 3. The molecule has 0 aliphatic heterocycles. The van der Waals surface area contributed by atoms with Crippen LogP contribution in [0.25, 0.3) is 0 Å². The van der Waals surface area contributed by atoms with Crippen molar-refractivity contribution in [3.8, 4) is 0 Å². The molecule has 180 valence electrons. The van der Waals surface area contributed by atoms with Crippen LogP contribution in [0.5, 0.6) is 0 Å². The van der Waals surface area contributed by atoms with E-state index >= 15 is 0 Å². The van der Waals surface area contributed by atoms with Gasteiger partial charge in [-0.3, -0.25) is 4.79 Å². The van der Waals surface area contributed by atoms with Gasteiger partial charge in [-0.25, -0.2) is 0 Å². The Morgan fingerprint density at radius 3 is 2.66 bits per heavy atom. The number of esters is 1. The van der Waals surface area contributed by atoms with E-state index in [2.05, 4.69) is 19.1 Å². The third-order valence-corrected chi connectivity index (χ3v) is 6.78. The summed E-state index contributed by atoms with van der Waals surface area (Å²) >= 11 is 6.59. The summed E-state index contributed by atoms with van der Waals surface area (Å²) in [6.07, 6.45) is 10.4. The van der Waals surface area contributed by atoms with Crippen LogP contribution in [-0.4, -0.2) is 46.0 Å². The Morgan fingerprint density at radius 1 is 1.22 bits per heavy atom. The first kappa shape index (κ1) is 26.8. The van der Waals surface area contributed by atoms with Gasteiger partial charge >= 0.3 is 5.97 Å². The molecule has 32 heavy (non-hydrogen) atoms. The van der Waals surface area contributed by atoms with E-state index in [1.807, 2.05) is 24.3 Å². The summed E-state index contributed by atoms with van der Waals surface area (Å²) in [6, 6.07) is 8.00. The second-order valence-corrected chi connectivity index (χ2v) is 9.29. The van der Waals surface area contributed by atoms with Crippen molar-refractivity contribution in [3.63, 3.8) is 0 Å². The van der Waals surface area contributed by atoms with E-state index in [4.69, 9.17) is 21.4 Å². The lowest BCUT2D eigenvalue weighted by molar-refractivity contribution is -0.144. The van der Waals surface area contributed by atoms with Crippen LogP contribution in [0.4, 0.5) is 0 Å². The molecule has 0 bridgehead atoms. The van der Waals surface area contributed by atoms with Crippen molar-refractivity contribution in [2.24, 2.45) is 5.92 Å². The molecule has 1 aliphatic carbocycles. The van der Waals surface area contributed by atoms with Crippen molar-refractivity contribution in [3.05, 3.63) is 47.5 Å². The minimum atomic E-state index is -0.475. The number of ether oxygens (including phenoxy) is 1. The van der Waals surface area contributed by atoms with E-state index in [-0.39, 0.29) is 36.4 Å². The molecule has 2 unspecified atom stereocenters. The highest BCUT2D eigenvalue weighted by Crippen LogP contribution is 2.45. The number of halogens is 1. The van der Waals surface area contributed by atoms with Crippen molar-refractivity contribution in [2.45, 2.75) is 88.2 Å². The molecule has 0 saturated heterocycles. The molecule has 5 nitrogen and oxygen atoms in total. The van der Waals surface area contributed by atoms with Crippen molar-refractivity contribution in [1.82, 2.24) is 0 Å². The smallest absolute Gasteiger partial charge is 0.305 e. The van der Waals surface area contributed by atoms with Gasteiger partial charge in [0, 0.05) is 17.7 Å². The lowest BCUT2D eigenvalue weighted by Crippen LogP contribution is -2.18. The van der Waals surface area contributed by atoms with Crippen LogP contribution >= 0.6 is 11.6 Å². The van der Waals surface area contributed by atoms with Crippen LogP contribution in [0.15, 0.2) is 36.4 Å². The Labute approximate surface area is 197 Å². The van der Waals surface area contributed by atoms with Gasteiger partial charge in [0.2, 0.25) is 0 Å². The maximum absolute atomic E-state index is 11.4. The summed E-state index contributed by atoms with van der Waals surface area (Å²) in [6.45, 7) is 2.05. The van der Waals surface area contributed by atoms with E-state index in [9.17, 15) is 15.0 Å². The molecule has 6 heteroatoms. The molecule has 1 fully saturated rings. The second kappa shape index (κ2) is 14.7. The van der Waals surface area contributed by atoms with Crippen LogP contribution in [-0.2, 0) is 9.53 Å². The molecular weight excluding hydrogens is 428 g/mol. The zero-order valence-electron chi connectivity index (χ0n) is 19.2. The molecule has 2 rings (SSSR count). The maximum atomic E-state index is 11.4. The molecule has 1 saturated carbocycles. The van der Waals surface area contributed by atoms with Gasteiger partial charge in [-0.2, -0.15) is 0 Å². The monoisotopic (exact) mass is 466 g/mol. The Balaban J connectivity index is 1.88. The first-order chi connectivity index (χ1) is 15.5. The average molecular weight is 467 g/mol. The van der Waals surface area contributed by atoms with Gasteiger partial charge in [-0.1, -0.05) is 62.6 Å². The summed E-state index contributed by atoms with van der Waals surface area (Å²) in [7, 11) is 0. The maximum Gasteiger partial charge on any atom is 0.305 e. The number of unbranched alkanes of at least 4 members (excludes halogenated alkanes) is 3. The van der Waals surface area contributed by atoms with Gasteiger partial charge in [0.1, 0.15) is 6.61 Å². The fraction of sp³-hybridized carbons (Fsp3) is 0.654. The number of benzene rings is 1. The minimum absolute atomic E-state index is 0.0260. The number of hydrogen-bond acceptors (Lipinski definition) is 5. The fourth-order valence-corrected chi connectivity index (χ4v) is 4.93. The third-order valence-electron chi connectivity index (χ3n) is 6.28. The lowest BCUT2D eigenvalue weighted by Gasteiger charge is -2.23. The van der Waals surface area contributed by atoms with E-state index in [0.717, 1.165) is 49.7 Å². The van der Waals surface area contributed by atoms with E-state index in [1.165, 1.54) is 0 Å². The van der Waals surface area contributed by atoms with Gasteiger partial charge in [0.15, 0.2) is 0 Å². The first-order valence-electron chi connectivity index (χ1n) is 12.0. The molecule has 0 spiro atoms. The molecular formula is C26H39ClO5. The quantitative estimate of drug-likeness (QED) is 0.155. The molecule has 1 aromatic carbocycles. The Kier molecular flexibility index (Phi) is 12.3. The topological polar surface area (TPSA) is 87.0 Å². The molecule has 3 N–H and O–H groups in total. The normalized spacial score (nSPS) is 24.2. The van der Waals surface area contributed by atoms with E-state index in [0.29, 0.717) is 19.3 Å².